The molecule has 1 nitrogen and oxygen atoms in total. The van der Waals surface area contributed by atoms with E-state index >= 15 is 0 Å². The van der Waals surface area contributed by atoms with Crippen LogP contribution < -0.4 is 5.32 Å². The average molecular weight is 133 g/mol. The van der Waals surface area contributed by atoms with Gasteiger partial charge in [0.1, 0.15) is 0 Å². The molecule has 1 aliphatic rings. The first-order chi connectivity index (χ1) is 3.39. The summed E-state index contributed by atoms with van der Waals surface area (Å²) in [5.41, 5.74) is 0. The molecule has 1 N–H and O–H groups in total. The van der Waals surface area contributed by atoms with Gasteiger partial charge in [-0.2, -0.15) is 12.6 Å². The number of thioether (sulfide) groups is 1. The minimum Gasteiger partial charge on any atom is -0.378 e. The molecule has 0 aromatic rings. The second-order valence-electron chi connectivity index (χ2n) is 1.32. The summed E-state index contributed by atoms with van der Waals surface area (Å²) >= 11 is 5.96. The number of hydrogen-bond acceptors (Lipinski definition) is 3. The van der Waals surface area contributed by atoms with Crippen LogP contribution in [0.3, 0.4) is 0 Å². The van der Waals surface area contributed by atoms with Crippen molar-refractivity contribution >= 4 is 24.4 Å². The second kappa shape index (κ2) is 2.52. The smallest absolute Gasteiger partial charge is 0.0782 e. The lowest BCUT2D eigenvalue weighted by Gasteiger charge is -2.12. The van der Waals surface area contributed by atoms with Crippen molar-refractivity contribution in [3.63, 3.8) is 0 Å². The molecule has 0 radical (unpaired) electrons. The van der Waals surface area contributed by atoms with Crippen LogP contribution in [-0.2, 0) is 0 Å². The standard InChI is InChI=1S/C4H7NS2/c6-4-3-7-2-1-5-4/h1-2,4-6H,3H2. The summed E-state index contributed by atoms with van der Waals surface area (Å²) < 4.78 is 0. The van der Waals surface area contributed by atoms with Gasteiger partial charge in [-0.05, 0) is 5.41 Å². The van der Waals surface area contributed by atoms with E-state index in [-0.39, 0.29) is 0 Å². The van der Waals surface area contributed by atoms with Crippen LogP contribution in [0.1, 0.15) is 0 Å². The van der Waals surface area contributed by atoms with Gasteiger partial charge in [-0.1, -0.05) is 0 Å². The zero-order chi connectivity index (χ0) is 5.11. The number of nitrogens with one attached hydrogen (secondary N) is 1. The van der Waals surface area contributed by atoms with Gasteiger partial charge in [0, 0.05) is 12.0 Å². The third-order valence-corrected chi connectivity index (χ3v) is 2.14. The van der Waals surface area contributed by atoms with Crippen LogP contribution in [0.2, 0.25) is 0 Å². The van der Waals surface area contributed by atoms with Crippen molar-refractivity contribution in [2.75, 3.05) is 5.75 Å². The Hall–Kier alpha value is 0.240. The molecule has 0 spiro atoms. The van der Waals surface area contributed by atoms with E-state index in [2.05, 4.69) is 17.9 Å². The fraction of sp³-hybridized carbons (Fsp3) is 0.500. The number of rotatable bonds is 0. The Labute approximate surface area is 53.0 Å². The van der Waals surface area contributed by atoms with Gasteiger partial charge in [-0.3, -0.25) is 0 Å². The van der Waals surface area contributed by atoms with Crippen molar-refractivity contribution in [3.8, 4) is 0 Å². The van der Waals surface area contributed by atoms with E-state index in [1.807, 2.05) is 11.6 Å². The van der Waals surface area contributed by atoms with E-state index in [0.717, 1.165) is 5.75 Å². The molecule has 0 saturated heterocycles. The fourth-order valence-electron chi connectivity index (χ4n) is 0.393. The Balaban J connectivity index is 2.32. The summed E-state index contributed by atoms with van der Waals surface area (Å²) in [5, 5.41) is 5.44. The minimum atomic E-state index is 0.356. The predicted octanol–water partition coefficient (Wildman–Crippen LogP) is 1.05. The summed E-state index contributed by atoms with van der Waals surface area (Å²) in [6.45, 7) is 0. The molecule has 1 heterocycles. The van der Waals surface area contributed by atoms with Gasteiger partial charge < -0.3 is 5.32 Å². The van der Waals surface area contributed by atoms with Crippen molar-refractivity contribution in [1.29, 1.82) is 0 Å². The van der Waals surface area contributed by atoms with Gasteiger partial charge in [0.15, 0.2) is 0 Å². The first-order valence-electron chi connectivity index (χ1n) is 2.10. The summed E-state index contributed by atoms with van der Waals surface area (Å²) in [6, 6.07) is 0. The highest BCUT2D eigenvalue weighted by Gasteiger charge is 1.99. The van der Waals surface area contributed by atoms with Gasteiger partial charge in [-0.15, -0.1) is 11.8 Å². The maximum atomic E-state index is 4.18. The SMILES string of the molecule is SC1CSC=CN1. The highest BCUT2D eigenvalue weighted by molar-refractivity contribution is 8.02. The van der Waals surface area contributed by atoms with Crippen LogP contribution in [0.15, 0.2) is 11.6 Å². The Morgan fingerprint density at radius 1 is 1.86 bits per heavy atom. The van der Waals surface area contributed by atoms with Gasteiger partial charge >= 0.3 is 0 Å². The molecular weight excluding hydrogens is 126 g/mol. The van der Waals surface area contributed by atoms with E-state index in [0.29, 0.717) is 5.37 Å². The number of hydrogen-bond donors (Lipinski definition) is 2. The maximum Gasteiger partial charge on any atom is 0.0782 e. The Bertz CT molecular complexity index is 81.8. The molecule has 1 atom stereocenters. The topological polar surface area (TPSA) is 12.0 Å². The molecule has 0 aliphatic carbocycles. The molecule has 7 heavy (non-hydrogen) atoms. The van der Waals surface area contributed by atoms with E-state index in [9.17, 15) is 0 Å². The van der Waals surface area contributed by atoms with Gasteiger partial charge in [0.25, 0.3) is 0 Å². The van der Waals surface area contributed by atoms with E-state index in [1.165, 1.54) is 0 Å². The summed E-state index contributed by atoms with van der Waals surface area (Å²) in [7, 11) is 0. The molecule has 0 fully saturated rings. The highest BCUT2D eigenvalue weighted by atomic mass is 32.2. The van der Waals surface area contributed by atoms with Crippen molar-refractivity contribution in [2.45, 2.75) is 5.37 Å². The third-order valence-electron chi connectivity index (χ3n) is 0.707. The first-order valence-corrected chi connectivity index (χ1v) is 3.67. The molecule has 0 bridgehead atoms. The van der Waals surface area contributed by atoms with Crippen LogP contribution in [0.4, 0.5) is 0 Å². The zero-order valence-corrected chi connectivity index (χ0v) is 5.51. The summed E-state index contributed by atoms with van der Waals surface area (Å²) in [5.74, 6) is 1.07. The minimum absolute atomic E-state index is 0.356. The number of thiol groups is 1. The molecule has 0 aromatic carbocycles. The average Bonchev–Trinajstić information content (AvgIpc) is 1.69. The highest BCUT2D eigenvalue weighted by Crippen LogP contribution is 2.10. The van der Waals surface area contributed by atoms with E-state index in [1.54, 1.807) is 11.8 Å². The first kappa shape index (κ1) is 5.38. The predicted molar refractivity (Wildman–Crippen MR) is 37.5 cm³/mol. The normalized spacial score (nSPS) is 29.6. The maximum absolute atomic E-state index is 4.18. The van der Waals surface area contributed by atoms with E-state index < -0.39 is 0 Å². The van der Waals surface area contributed by atoms with Gasteiger partial charge in [0.05, 0.1) is 5.37 Å². The van der Waals surface area contributed by atoms with Crippen LogP contribution in [0, 0.1) is 0 Å². The Morgan fingerprint density at radius 2 is 2.71 bits per heavy atom. The molecule has 1 rings (SSSR count). The van der Waals surface area contributed by atoms with Crippen molar-refractivity contribution < 1.29 is 0 Å². The molecule has 40 valence electrons. The summed E-state index contributed by atoms with van der Waals surface area (Å²) in [4.78, 5) is 0. The van der Waals surface area contributed by atoms with Crippen molar-refractivity contribution in [3.05, 3.63) is 11.6 Å². The Morgan fingerprint density at radius 3 is 3.00 bits per heavy atom. The molecule has 1 unspecified atom stereocenters. The van der Waals surface area contributed by atoms with Crippen LogP contribution in [0.25, 0.3) is 0 Å². The lowest BCUT2D eigenvalue weighted by molar-refractivity contribution is 0.868. The molecular formula is C4H7NS2. The van der Waals surface area contributed by atoms with Gasteiger partial charge in [0.2, 0.25) is 0 Å². The summed E-state index contributed by atoms with van der Waals surface area (Å²) in [6.07, 6.45) is 1.92. The largest absolute Gasteiger partial charge is 0.378 e. The van der Waals surface area contributed by atoms with Crippen LogP contribution in [-0.4, -0.2) is 11.1 Å². The van der Waals surface area contributed by atoms with Crippen LogP contribution in [0.5, 0.6) is 0 Å². The van der Waals surface area contributed by atoms with Crippen molar-refractivity contribution in [1.82, 2.24) is 5.32 Å². The molecule has 3 heteroatoms. The molecule has 0 amide bonds. The quantitative estimate of drug-likeness (QED) is 0.479. The Kier molecular flexibility index (Phi) is 1.94. The molecule has 1 aliphatic heterocycles. The third kappa shape index (κ3) is 1.65. The molecule has 0 aromatic heterocycles. The monoisotopic (exact) mass is 133 g/mol. The van der Waals surface area contributed by atoms with Crippen LogP contribution >= 0.6 is 24.4 Å². The van der Waals surface area contributed by atoms with Gasteiger partial charge in [-0.25, -0.2) is 0 Å². The lowest BCUT2D eigenvalue weighted by atomic mass is 10.7. The van der Waals surface area contributed by atoms with Crippen molar-refractivity contribution in [2.24, 2.45) is 0 Å². The second-order valence-corrected chi connectivity index (χ2v) is 2.88. The van der Waals surface area contributed by atoms with E-state index in [4.69, 9.17) is 0 Å². The zero-order valence-electron chi connectivity index (χ0n) is 3.79. The lowest BCUT2D eigenvalue weighted by Crippen LogP contribution is -2.22. The fourth-order valence-corrected chi connectivity index (χ4v) is 1.30. The molecule has 0 saturated carbocycles.